The standard InChI is InChI=1S/C3H7N3O.ClH/c4-2(5)1-3(6)7;/h1H,4-5H2,(H2,6,7);1H. The number of carbonyl (C=O) groups is 1. The van der Waals surface area contributed by atoms with Crippen LogP contribution in [0.4, 0.5) is 0 Å². The van der Waals surface area contributed by atoms with E-state index in [1.165, 1.54) is 0 Å². The number of carbonyl (C=O) groups excluding carboxylic acids is 1. The molecule has 0 rings (SSSR count). The van der Waals surface area contributed by atoms with Crippen LogP contribution in [0.5, 0.6) is 0 Å². The van der Waals surface area contributed by atoms with Crippen LogP contribution in [0.15, 0.2) is 11.9 Å². The van der Waals surface area contributed by atoms with Gasteiger partial charge in [-0.3, -0.25) is 4.79 Å². The Morgan fingerprint density at radius 1 is 1.25 bits per heavy atom. The third-order valence-electron chi connectivity index (χ3n) is 0.309. The zero-order chi connectivity index (χ0) is 5.86. The molecule has 0 bridgehead atoms. The van der Waals surface area contributed by atoms with Gasteiger partial charge in [0, 0.05) is 6.08 Å². The Labute approximate surface area is 53.1 Å². The van der Waals surface area contributed by atoms with Crippen LogP contribution in [0.1, 0.15) is 0 Å². The van der Waals surface area contributed by atoms with E-state index in [2.05, 4.69) is 5.73 Å². The van der Waals surface area contributed by atoms with Crippen LogP contribution in [0.25, 0.3) is 0 Å². The molecule has 0 unspecified atom stereocenters. The summed E-state index contributed by atoms with van der Waals surface area (Å²) < 4.78 is 0. The minimum Gasteiger partial charge on any atom is -0.386 e. The molecule has 0 radical (unpaired) electrons. The van der Waals surface area contributed by atoms with E-state index in [0.29, 0.717) is 0 Å². The van der Waals surface area contributed by atoms with Crippen LogP contribution in [0.3, 0.4) is 0 Å². The van der Waals surface area contributed by atoms with Gasteiger partial charge in [-0.05, 0) is 0 Å². The lowest BCUT2D eigenvalue weighted by Crippen LogP contribution is -2.15. The number of halogens is 1. The topological polar surface area (TPSA) is 95.1 Å². The fourth-order valence-electron chi connectivity index (χ4n) is 0.164. The first kappa shape index (κ1) is 10.2. The van der Waals surface area contributed by atoms with Gasteiger partial charge in [-0.1, -0.05) is 0 Å². The fraction of sp³-hybridized carbons (Fsp3) is 0. The van der Waals surface area contributed by atoms with Crippen molar-refractivity contribution >= 4 is 18.3 Å². The van der Waals surface area contributed by atoms with Crippen LogP contribution in [0.2, 0.25) is 0 Å². The zero-order valence-electron chi connectivity index (χ0n) is 4.13. The van der Waals surface area contributed by atoms with Crippen molar-refractivity contribution in [1.82, 2.24) is 0 Å². The third kappa shape index (κ3) is 8.92. The second-order valence-electron chi connectivity index (χ2n) is 1.05. The molecule has 0 heterocycles. The molecule has 0 aliphatic heterocycles. The molecular weight excluding hydrogens is 130 g/mol. The molecule has 6 N–H and O–H groups in total. The Balaban J connectivity index is 0. The lowest BCUT2D eigenvalue weighted by molar-refractivity contribution is -0.113. The van der Waals surface area contributed by atoms with Crippen LogP contribution in [-0.4, -0.2) is 5.91 Å². The molecular formula is C3H8ClN3O. The highest BCUT2D eigenvalue weighted by Crippen LogP contribution is 1.64. The van der Waals surface area contributed by atoms with Crippen molar-refractivity contribution in [3.8, 4) is 0 Å². The Hall–Kier alpha value is -0.900. The van der Waals surface area contributed by atoms with Gasteiger partial charge >= 0.3 is 0 Å². The summed E-state index contributed by atoms with van der Waals surface area (Å²) in [4.78, 5) is 9.80. The maximum atomic E-state index is 9.80. The number of hydrogen-bond acceptors (Lipinski definition) is 3. The summed E-state index contributed by atoms with van der Waals surface area (Å²) in [7, 11) is 0. The molecule has 0 fully saturated rings. The van der Waals surface area contributed by atoms with Crippen LogP contribution in [0, 0.1) is 0 Å². The molecule has 0 aliphatic rings. The Kier molecular flexibility index (Phi) is 5.41. The van der Waals surface area contributed by atoms with E-state index in [9.17, 15) is 4.79 Å². The Morgan fingerprint density at radius 3 is 1.62 bits per heavy atom. The van der Waals surface area contributed by atoms with Crippen molar-refractivity contribution in [3.63, 3.8) is 0 Å². The van der Waals surface area contributed by atoms with Gasteiger partial charge in [0.05, 0.1) is 5.82 Å². The van der Waals surface area contributed by atoms with Crippen molar-refractivity contribution in [3.05, 3.63) is 11.9 Å². The predicted molar refractivity (Wildman–Crippen MR) is 32.9 cm³/mol. The van der Waals surface area contributed by atoms with Gasteiger partial charge in [0.2, 0.25) is 5.91 Å². The van der Waals surface area contributed by atoms with Gasteiger partial charge in [-0.25, -0.2) is 0 Å². The molecule has 8 heavy (non-hydrogen) atoms. The van der Waals surface area contributed by atoms with E-state index < -0.39 is 5.91 Å². The number of rotatable bonds is 1. The van der Waals surface area contributed by atoms with Crippen molar-refractivity contribution in [2.45, 2.75) is 0 Å². The monoisotopic (exact) mass is 137 g/mol. The molecule has 0 aromatic heterocycles. The summed E-state index contributed by atoms with van der Waals surface area (Å²) in [6.07, 6.45) is 0.944. The first-order valence-corrected chi connectivity index (χ1v) is 1.65. The summed E-state index contributed by atoms with van der Waals surface area (Å²) in [5.74, 6) is -0.687. The quantitative estimate of drug-likeness (QED) is 0.390. The maximum absolute atomic E-state index is 9.80. The molecule has 0 aromatic carbocycles. The number of hydrogen-bond donors (Lipinski definition) is 3. The molecule has 0 saturated heterocycles. The average molecular weight is 138 g/mol. The first-order valence-electron chi connectivity index (χ1n) is 1.65. The van der Waals surface area contributed by atoms with Gasteiger partial charge in [0.1, 0.15) is 0 Å². The SMILES string of the molecule is Cl.NC(=O)C=C(N)N. The van der Waals surface area contributed by atoms with E-state index in [4.69, 9.17) is 11.5 Å². The van der Waals surface area contributed by atoms with Crippen LogP contribution in [-0.2, 0) is 4.79 Å². The average Bonchev–Trinajstić information content (AvgIpc) is 1.27. The summed E-state index contributed by atoms with van der Waals surface area (Å²) in [6.45, 7) is 0. The normalized spacial score (nSPS) is 6.50. The maximum Gasteiger partial charge on any atom is 0.245 e. The van der Waals surface area contributed by atoms with Crippen LogP contribution < -0.4 is 17.2 Å². The molecule has 0 spiro atoms. The minimum absolute atomic E-state index is 0. The highest BCUT2D eigenvalue weighted by molar-refractivity contribution is 5.86. The number of nitrogens with two attached hydrogens (primary N) is 3. The second-order valence-corrected chi connectivity index (χ2v) is 1.05. The molecule has 4 nitrogen and oxygen atoms in total. The largest absolute Gasteiger partial charge is 0.386 e. The van der Waals surface area contributed by atoms with E-state index in [-0.39, 0.29) is 18.2 Å². The van der Waals surface area contributed by atoms with Gasteiger partial charge < -0.3 is 17.2 Å². The van der Waals surface area contributed by atoms with Gasteiger partial charge in [-0.15, -0.1) is 12.4 Å². The highest BCUT2D eigenvalue weighted by Gasteiger charge is 1.82. The van der Waals surface area contributed by atoms with Crippen molar-refractivity contribution in [1.29, 1.82) is 0 Å². The summed E-state index contributed by atoms with van der Waals surface area (Å²) >= 11 is 0. The summed E-state index contributed by atoms with van der Waals surface area (Å²) in [6, 6.07) is 0. The lowest BCUT2D eigenvalue weighted by Gasteiger charge is -1.83. The van der Waals surface area contributed by atoms with Gasteiger partial charge in [-0.2, -0.15) is 0 Å². The molecule has 0 atom stereocenters. The number of amides is 1. The fourth-order valence-corrected chi connectivity index (χ4v) is 0.164. The van der Waals surface area contributed by atoms with E-state index in [0.717, 1.165) is 6.08 Å². The third-order valence-corrected chi connectivity index (χ3v) is 0.309. The predicted octanol–water partition coefficient (Wildman–Crippen LogP) is -1.35. The Morgan fingerprint density at radius 2 is 1.62 bits per heavy atom. The van der Waals surface area contributed by atoms with Crippen molar-refractivity contribution in [2.75, 3.05) is 0 Å². The molecule has 1 amide bonds. The van der Waals surface area contributed by atoms with E-state index >= 15 is 0 Å². The van der Waals surface area contributed by atoms with Gasteiger partial charge in [0.15, 0.2) is 0 Å². The zero-order valence-corrected chi connectivity index (χ0v) is 4.94. The molecule has 48 valence electrons. The highest BCUT2D eigenvalue weighted by atomic mass is 35.5. The Bertz CT molecular complexity index is 107. The molecule has 0 aliphatic carbocycles. The minimum atomic E-state index is -0.625. The van der Waals surface area contributed by atoms with Crippen molar-refractivity contribution < 1.29 is 4.79 Å². The smallest absolute Gasteiger partial charge is 0.245 e. The second kappa shape index (κ2) is 4.26. The molecule has 0 aromatic rings. The summed E-state index contributed by atoms with van der Waals surface area (Å²) in [5.41, 5.74) is 14.3. The summed E-state index contributed by atoms with van der Waals surface area (Å²) in [5, 5.41) is 0. The number of primary amides is 1. The molecule has 5 heteroatoms. The van der Waals surface area contributed by atoms with Crippen molar-refractivity contribution in [2.24, 2.45) is 17.2 Å². The van der Waals surface area contributed by atoms with E-state index in [1.807, 2.05) is 0 Å². The van der Waals surface area contributed by atoms with Crippen LogP contribution >= 0.6 is 12.4 Å². The first-order chi connectivity index (χ1) is 3.13. The lowest BCUT2D eigenvalue weighted by atomic mass is 10.5. The van der Waals surface area contributed by atoms with E-state index in [1.54, 1.807) is 0 Å². The van der Waals surface area contributed by atoms with Gasteiger partial charge in [0.25, 0.3) is 0 Å². The molecule has 0 saturated carbocycles.